The van der Waals surface area contributed by atoms with Crippen molar-refractivity contribution in [3.8, 4) is 11.5 Å². The molecule has 1 N–H and O–H groups in total. The third kappa shape index (κ3) is 4.14. The molecule has 0 amide bonds. The number of benzene rings is 1. The van der Waals surface area contributed by atoms with E-state index in [1.54, 1.807) is 14.2 Å². The van der Waals surface area contributed by atoms with E-state index in [1.165, 1.54) is 12.8 Å². The van der Waals surface area contributed by atoms with Crippen LogP contribution >= 0.6 is 0 Å². The number of hydrogen-bond acceptors (Lipinski definition) is 3. The number of rotatable bonds is 9. The summed E-state index contributed by atoms with van der Waals surface area (Å²) in [5.74, 6) is 2.52. The molecule has 3 nitrogen and oxygen atoms in total. The van der Waals surface area contributed by atoms with Gasteiger partial charge in [0.05, 0.1) is 19.8 Å². The van der Waals surface area contributed by atoms with E-state index < -0.39 is 0 Å². The van der Waals surface area contributed by atoms with Gasteiger partial charge < -0.3 is 14.8 Å². The predicted molar refractivity (Wildman–Crippen MR) is 84.7 cm³/mol. The van der Waals surface area contributed by atoms with Gasteiger partial charge in [0.15, 0.2) is 0 Å². The second-order valence-corrected chi connectivity index (χ2v) is 5.10. The lowest BCUT2D eigenvalue weighted by atomic mass is 9.90. The van der Waals surface area contributed by atoms with Crippen LogP contribution in [0.3, 0.4) is 0 Å². The number of ether oxygens (including phenoxy) is 2. The van der Waals surface area contributed by atoms with Gasteiger partial charge in [0.2, 0.25) is 0 Å². The lowest BCUT2D eigenvalue weighted by Crippen LogP contribution is -2.24. The van der Waals surface area contributed by atoms with E-state index in [2.05, 4.69) is 26.1 Å². The monoisotopic (exact) mass is 279 g/mol. The minimum absolute atomic E-state index is 0.274. The third-order valence-electron chi connectivity index (χ3n) is 3.99. The summed E-state index contributed by atoms with van der Waals surface area (Å²) >= 11 is 0. The Morgan fingerprint density at radius 2 is 1.55 bits per heavy atom. The third-order valence-corrected chi connectivity index (χ3v) is 3.99. The fourth-order valence-corrected chi connectivity index (χ4v) is 2.73. The van der Waals surface area contributed by atoms with Crippen LogP contribution in [-0.4, -0.2) is 20.8 Å². The minimum atomic E-state index is 0.274. The van der Waals surface area contributed by atoms with Crippen molar-refractivity contribution in [1.82, 2.24) is 5.32 Å². The fourth-order valence-electron chi connectivity index (χ4n) is 2.73. The van der Waals surface area contributed by atoms with Crippen molar-refractivity contribution >= 4 is 0 Å². The van der Waals surface area contributed by atoms with Crippen LogP contribution < -0.4 is 14.8 Å². The second-order valence-electron chi connectivity index (χ2n) is 5.10. The SMILES string of the molecule is CCNC(CC(CC)CC)c1c(OC)cccc1OC. The summed E-state index contributed by atoms with van der Waals surface area (Å²) < 4.78 is 11.1. The van der Waals surface area contributed by atoms with Crippen molar-refractivity contribution in [2.45, 2.75) is 46.1 Å². The van der Waals surface area contributed by atoms with Crippen LogP contribution in [-0.2, 0) is 0 Å². The molecule has 0 radical (unpaired) electrons. The zero-order chi connectivity index (χ0) is 15.0. The first-order chi connectivity index (χ1) is 9.71. The summed E-state index contributed by atoms with van der Waals surface area (Å²) in [6.07, 6.45) is 3.52. The Morgan fingerprint density at radius 1 is 1.00 bits per heavy atom. The number of hydrogen-bond donors (Lipinski definition) is 1. The van der Waals surface area contributed by atoms with Gasteiger partial charge in [-0.25, -0.2) is 0 Å². The lowest BCUT2D eigenvalue weighted by Gasteiger charge is -2.26. The largest absolute Gasteiger partial charge is 0.496 e. The molecule has 1 atom stereocenters. The molecule has 1 unspecified atom stereocenters. The van der Waals surface area contributed by atoms with Crippen LogP contribution in [0.25, 0.3) is 0 Å². The lowest BCUT2D eigenvalue weighted by molar-refractivity contribution is 0.337. The fraction of sp³-hybridized carbons (Fsp3) is 0.647. The highest BCUT2D eigenvalue weighted by Crippen LogP contribution is 2.37. The first-order valence-electron chi connectivity index (χ1n) is 7.65. The first-order valence-corrected chi connectivity index (χ1v) is 7.65. The van der Waals surface area contributed by atoms with Gasteiger partial charge in [-0.1, -0.05) is 39.7 Å². The maximum atomic E-state index is 5.54. The Bertz CT molecular complexity index is 366. The maximum Gasteiger partial charge on any atom is 0.127 e. The van der Waals surface area contributed by atoms with Gasteiger partial charge in [0, 0.05) is 6.04 Å². The van der Waals surface area contributed by atoms with Gasteiger partial charge in [0.25, 0.3) is 0 Å². The minimum Gasteiger partial charge on any atom is -0.496 e. The topological polar surface area (TPSA) is 30.5 Å². The van der Waals surface area contributed by atoms with E-state index in [-0.39, 0.29) is 6.04 Å². The van der Waals surface area contributed by atoms with Crippen molar-refractivity contribution in [1.29, 1.82) is 0 Å². The van der Waals surface area contributed by atoms with Crippen molar-refractivity contribution < 1.29 is 9.47 Å². The van der Waals surface area contributed by atoms with Crippen molar-refractivity contribution in [2.24, 2.45) is 5.92 Å². The molecule has 0 spiro atoms. The van der Waals surface area contributed by atoms with E-state index in [9.17, 15) is 0 Å². The molecule has 0 saturated carbocycles. The van der Waals surface area contributed by atoms with Gasteiger partial charge >= 0.3 is 0 Å². The summed E-state index contributed by atoms with van der Waals surface area (Å²) in [7, 11) is 3.44. The normalized spacial score (nSPS) is 12.5. The molecule has 20 heavy (non-hydrogen) atoms. The molecule has 0 aromatic heterocycles. The molecular weight excluding hydrogens is 250 g/mol. The Morgan fingerprint density at radius 3 is 1.95 bits per heavy atom. The molecule has 0 saturated heterocycles. The molecule has 0 heterocycles. The van der Waals surface area contributed by atoms with Crippen molar-refractivity contribution in [3.63, 3.8) is 0 Å². The van der Waals surface area contributed by atoms with Crippen molar-refractivity contribution in [3.05, 3.63) is 23.8 Å². The smallest absolute Gasteiger partial charge is 0.127 e. The predicted octanol–water partition coefficient (Wildman–Crippen LogP) is 4.18. The summed E-state index contributed by atoms with van der Waals surface area (Å²) in [5, 5.41) is 3.59. The zero-order valence-corrected chi connectivity index (χ0v) is 13.5. The molecule has 0 bridgehead atoms. The zero-order valence-electron chi connectivity index (χ0n) is 13.5. The van der Waals surface area contributed by atoms with E-state index in [1.807, 2.05) is 18.2 Å². The molecule has 0 aliphatic rings. The summed E-state index contributed by atoms with van der Waals surface area (Å²) in [5.41, 5.74) is 1.14. The Labute approximate surface area is 123 Å². The van der Waals surface area contributed by atoms with E-state index >= 15 is 0 Å². The Kier molecular flexibility index (Phi) is 7.45. The summed E-state index contributed by atoms with van der Waals surface area (Å²) in [6.45, 7) is 7.60. The number of nitrogens with one attached hydrogen (secondary N) is 1. The first kappa shape index (κ1) is 16.8. The highest BCUT2D eigenvalue weighted by Gasteiger charge is 2.22. The highest BCUT2D eigenvalue weighted by molar-refractivity contribution is 5.47. The second kappa shape index (κ2) is 8.85. The molecule has 1 aromatic carbocycles. The highest BCUT2D eigenvalue weighted by atomic mass is 16.5. The number of methoxy groups -OCH3 is 2. The van der Waals surface area contributed by atoms with Gasteiger partial charge in [-0.15, -0.1) is 0 Å². The Hall–Kier alpha value is -1.22. The molecule has 3 heteroatoms. The maximum absolute atomic E-state index is 5.54. The average Bonchev–Trinajstić information content (AvgIpc) is 2.50. The average molecular weight is 279 g/mol. The molecule has 1 aromatic rings. The summed E-state index contributed by atoms with van der Waals surface area (Å²) in [4.78, 5) is 0. The molecule has 1 rings (SSSR count). The van der Waals surface area contributed by atoms with Gasteiger partial charge in [-0.3, -0.25) is 0 Å². The van der Waals surface area contributed by atoms with Crippen LogP contribution in [0.5, 0.6) is 11.5 Å². The van der Waals surface area contributed by atoms with Gasteiger partial charge in [-0.05, 0) is 31.0 Å². The van der Waals surface area contributed by atoms with Crippen LogP contribution in [0, 0.1) is 5.92 Å². The quantitative estimate of drug-likeness (QED) is 0.735. The van der Waals surface area contributed by atoms with Crippen LogP contribution in [0.4, 0.5) is 0 Å². The molecule has 0 aliphatic heterocycles. The van der Waals surface area contributed by atoms with E-state index in [0.717, 1.165) is 30.0 Å². The standard InChI is InChI=1S/C17H29NO2/c1-6-13(7-2)12-14(18-8-3)17-15(19-4)10-9-11-16(17)20-5/h9-11,13-14,18H,6-8,12H2,1-5H3. The Balaban J connectivity index is 3.12. The summed E-state index contributed by atoms with van der Waals surface area (Å²) in [6, 6.07) is 6.27. The van der Waals surface area contributed by atoms with Crippen molar-refractivity contribution in [2.75, 3.05) is 20.8 Å². The molecule has 114 valence electrons. The molecule has 0 fully saturated rings. The van der Waals surface area contributed by atoms with Gasteiger partial charge in [-0.2, -0.15) is 0 Å². The van der Waals surface area contributed by atoms with Gasteiger partial charge in [0.1, 0.15) is 11.5 Å². The van der Waals surface area contributed by atoms with E-state index in [0.29, 0.717) is 5.92 Å². The van der Waals surface area contributed by atoms with Crippen LogP contribution in [0.15, 0.2) is 18.2 Å². The molecule has 0 aliphatic carbocycles. The van der Waals surface area contributed by atoms with Crippen LogP contribution in [0.2, 0.25) is 0 Å². The van der Waals surface area contributed by atoms with Crippen LogP contribution in [0.1, 0.15) is 51.6 Å². The molecular formula is C17H29NO2. The van der Waals surface area contributed by atoms with E-state index in [4.69, 9.17) is 9.47 Å².